The minimum atomic E-state index is -0.913. The molecule has 1 aliphatic heterocycles. The molecule has 216 valence electrons. The highest BCUT2D eigenvalue weighted by atomic mass is 16.8. The smallest absolute Gasteiger partial charge is 0.165 e. The van der Waals surface area contributed by atoms with Gasteiger partial charge in [0.05, 0.1) is 20.3 Å². The van der Waals surface area contributed by atoms with Gasteiger partial charge in [0.1, 0.15) is 30.4 Å². The van der Waals surface area contributed by atoms with Gasteiger partial charge in [-0.2, -0.15) is 0 Å². The van der Waals surface area contributed by atoms with Crippen LogP contribution >= 0.6 is 0 Å². The van der Waals surface area contributed by atoms with E-state index in [9.17, 15) is 4.79 Å². The average Bonchev–Trinajstić information content (AvgIpc) is 3.40. The molecule has 0 spiro atoms. The van der Waals surface area contributed by atoms with Gasteiger partial charge in [-0.25, -0.2) is 0 Å². The Morgan fingerprint density at radius 2 is 1.85 bits per heavy atom. The minimum absolute atomic E-state index is 0.0808. The van der Waals surface area contributed by atoms with Crippen LogP contribution in [0.1, 0.15) is 59.4 Å². The van der Waals surface area contributed by atoms with Gasteiger partial charge in [-0.3, -0.25) is 4.79 Å². The van der Waals surface area contributed by atoms with Gasteiger partial charge in [-0.15, -0.1) is 6.58 Å². The molecule has 2 aliphatic carbocycles. The summed E-state index contributed by atoms with van der Waals surface area (Å²) in [7, 11) is 3.24. The van der Waals surface area contributed by atoms with Crippen molar-refractivity contribution in [2.24, 2.45) is 23.2 Å². The van der Waals surface area contributed by atoms with E-state index in [4.69, 9.17) is 28.4 Å². The van der Waals surface area contributed by atoms with Gasteiger partial charge < -0.3 is 28.4 Å². The normalized spacial score (nSPS) is 33.9. The third-order valence-electron chi connectivity index (χ3n) is 9.15. The number of allylic oxidation sites excluding steroid dienone is 2. The first-order valence-electron chi connectivity index (χ1n) is 14.0. The highest BCUT2D eigenvalue weighted by Crippen LogP contribution is 2.53. The molecule has 1 unspecified atom stereocenters. The maximum Gasteiger partial charge on any atom is 0.165 e. The number of carbonyl (C=O) groups excluding carboxylic acids is 1. The fraction of sp³-hybridized carbons (Fsp3) is 0.656. The van der Waals surface area contributed by atoms with E-state index in [-0.39, 0.29) is 35.7 Å². The van der Waals surface area contributed by atoms with Crippen molar-refractivity contribution in [1.29, 1.82) is 0 Å². The lowest BCUT2D eigenvalue weighted by atomic mass is 9.70. The lowest BCUT2D eigenvalue weighted by Gasteiger charge is -2.44. The molecule has 7 heteroatoms. The van der Waals surface area contributed by atoms with Crippen LogP contribution in [0, 0.1) is 23.2 Å². The Hall–Kier alpha value is -2.03. The van der Waals surface area contributed by atoms with Crippen molar-refractivity contribution in [2.45, 2.75) is 84.1 Å². The van der Waals surface area contributed by atoms with E-state index >= 15 is 0 Å². The third kappa shape index (κ3) is 5.89. The van der Waals surface area contributed by atoms with E-state index in [1.54, 1.807) is 20.3 Å². The largest absolute Gasteiger partial charge is 0.497 e. The number of Topliss-reactive ketones (excluding diaryl/α,β-unsaturated/α-hetero) is 1. The number of benzene rings is 1. The zero-order valence-corrected chi connectivity index (χ0v) is 24.7. The molecule has 2 bridgehead atoms. The quantitative estimate of drug-likeness (QED) is 0.271. The summed E-state index contributed by atoms with van der Waals surface area (Å²) in [6, 6.07) is 7.79. The van der Waals surface area contributed by atoms with Crippen LogP contribution < -0.4 is 4.74 Å². The van der Waals surface area contributed by atoms with Gasteiger partial charge in [0.2, 0.25) is 0 Å². The van der Waals surface area contributed by atoms with Crippen LogP contribution in [0.15, 0.2) is 48.6 Å². The van der Waals surface area contributed by atoms with E-state index in [0.717, 1.165) is 24.2 Å². The molecule has 1 aromatic carbocycles. The maximum atomic E-state index is 14.3. The van der Waals surface area contributed by atoms with Crippen molar-refractivity contribution in [3.8, 4) is 5.75 Å². The summed E-state index contributed by atoms with van der Waals surface area (Å²) in [5, 5.41) is 0. The van der Waals surface area contributed by atoms with Crippen molar-refractivity contribution in [2.75, 3.05) is 27.6 Å². The Kier molecular flexibility index (Phi) is 9.08. The second kappa shape index (κ2) is 11.8. The molecular formula is C32H46O7. The minimum Gasteiger partial charge on any atom is -0.497 e. The van der Waals surface area contributed by atoms with Crippen LogP contribution in [0.3, 0.4) is 0 Å². The highest BCUT2D eigenvalue weighted by molar-refractivity contribution is 5.86. The summed E-state index contributed by atoms with van der Waals surface area (Å²) in [5.41, 5.74) is 1.31. The summed E-state index contributed by atoms with van der Waals surface area (Å²) in [6.07, 6.45) is 5.61. The Morgan fingerprint density at radius 1 is 1.13 bits per heavy atom. The summed E-state index contributed by atoms with van der Waals surface area (Å²) < 4.78 is 36.2. The number of carbonyl (C=O) groups is 1. The van der Waals surface area contributed by atoms with E-state index in [1.807, 2.05) is 45.0 Å². The van der Waals surface area contributed by atoms with Crippen molar-refractivity contribution in [3.05, 3.63) is 54.1 Å². The van der Waals surface area contributed by atoms with Gasteiger partial charge in [0.25, 0.3) is 0 Å². The van der Waals surface area contributed by atoms with Gasteiger partial charge in [-0.1, -0.05) is 50.6 Å². The van der Waals surface area contributed by atoms with Gasteiger partial charge in [0, 0.05) is 24.9 Å². The Labute approximate surface area is 233 Å². The van der Waals surface area contributed by atoms with Crippen LogP contribution in [0.5, 0.6) is 5.75 Å². The number of methoxy groups -OCH3 is 2. The van der Waals surface area contributed by atoms with Crippen LogP contribution in [-0.2, 0) is 35.1 Å². The van der Waals surface area contributed by atoms with Crippen LogP contribution in [-0.4, -0.2) is 57.0 Å². The number of rotatable bonds is 10. The average molecular weight is 543 g/mol. The summed E-state index contributed by atoms with van der Waals surface area (Å²) >= 11 is 0. The molecule has 1 heterocycles. The second-order valence-corrected chi connectivity index (χ2v) is 12.2. The van der Waals surface area contributed by atoms with Gasteiger partial charge >= 0.3 is 0 Å². The lowest BCUT2D eigenvalue weighted by Crippen LogP contribution is -2.56. The zero-order valence-electron chi connectivity index (χ0n) is 24.7. The van der Waals surface area contributed by atoms with E-state index in [1.165, 1.54) is 5.57 Å². The highest BCUT2D eigenvalue weighted by Gasteiger charge is 2.59. The Bertz CT molecular complexity index is 1040. The molecular weight excluding hydrogens is 496 g/mol. The molecule has 6 atom stereocenters. The molecule has 1 saturated heterocycles. The van der Waals surface area contributed by atoms with Gasteiger partial charge in [0.15, 0.2) is 11.6 Å². The molecule has 3 aliphatic rings. The van der Waals surface area contributed by atoms with E-state index in [0.29, 0.717) is 19.6 Å². The number of ether oxygens (including phenoxy) is 6. The zero-order chi connectivity index (χ0) is 28.4. The summed E-state index contributed by atoms with van der Waals surface area (Å²) in [4.78, 5) is 14.3. The molecule has 0 N–H and O–H groups in total. The molecule has 7 nitrogen and oxygen atoms in total. The molecule has 0 amide bonds. The molecule has 39 heavy (non-hydrogen) atoms. The Morgan fingerprint density at radius 3 is 2.44 bits per heavy atom. The first-order valence-corrected chi connectivity index (χ1v) is 14.0. The number of hydrogen-bond donors (Lipinski definition) is 0. The monoisotopic (exact) mass is 542 g/mol. The lowest BCUT2D eigenvalue weighted by molar-refractivity contribution is -0.209. The van der Waals surface area contributed by atoms with Gasteiger partial charge in [-0.05, 0) is 56.2 Å². The van der Waals surface area contributed by atoms with Crippen LogP contribution in [0.4, 0.5) is 0 Å². The standard InChI is InChI=1S/C32H46O7/c1-9-27(36-18-22-10-14-24(35-8)15-11-22)32(19-38-31(5,6)39-32)25-16-12-23-13-17-26(30(23,3)4)29(37-20-34-7)28(33)21(25)2/h9-12,14-15,21,25-27,29H,1,13,16-20H2,2-8H3/b23-12+/t21-,25+,26?,27-,29-,32-/m1/s1. The fourth-order valence-corrected chi connectivity index (χ4v) is 6.87. The predicted octanol–water partition coefficient (Wildman–Crippen LogP) is 5.86. The van der Waals surface area contributed by atoms with Crippen LogP contribution in [0.2, 0.25) is 0 Å². The summed E-state index contributed by atoms with van der Waals surface area (Å²) in [5.74, 6) is -0.466. The molecule has 4 rings (SSSR count). The Balaban J connectivity index is 1.71. The first kappa shape index (κ1) is 29.9. The van der Waals surface area contributed by atoms with E-state index in [2.05, 4.69) is 26.5 Å². The maximum absolute atomic E-state index is 14.3. The third-order valence-corrected chi connectivity index (χ3v) is 9.15. The first-order chi connectivity index (χ1) is 18.5. The number of fused-ring (bicyclic) bond motifs is 2. The molecule has 1 aromatic rings. The van der Waals surface area contributed by atoms with Crippen molar-refractivity contribution in [1.82, 2.24) is 0 Å². The fourth-order valence-electron chi connectivity index (χ4n) is 6.87. The molecule has 0 radical (unpaired) electrons. The van der Waals surface area contributed by atoms with Crippen molar-refractivity contribution >= 4 is 5.78 Å². The van der Waals surface area contributed by atoms with Crippen LogP contribution in [0.25, 0.3) is 0 Å². The molecule has 0 aromatic heterocycles. The predicted molar refractivity (Wildman–Crippen MR) is 149 cm³/mol. The van der Waals surface area contributed by atoms with E-state index < -0.39 is 23.6 Å². The summed E-state index contributed by atoms with van der Waals surface area (Å²) in [6.45, 7) is 15.2. The van der Waals surface area contributed by atoms with Crippen molar-refractivity contribution < 1.29 is 33.2 Å². The second-order valence-electron chi connectivity index (χ2n) is 12.2. The SMILES string of the molecule is C=C[C@@H](OCc1ccc(OC)cc1)[C@]1([C@H]2C/C=C3\CCC([C@@H](OCOC)C(=O)[C@@H]2C)C3(C)C)COC(C)(C)O1. The molecule has 1 saturated carbocycles. The number of hydrogen-bond acceptors (Lipinski definition) is 7. The molecule has 2 fully saturated rings. The number of ketones is 1. The topological polar surface area (TPSA) is 72.5 Å². The van der Waals surface area contributed by atoms with Crippen molar-refractivity contribution in [3.63, 3.8) is 0 Å².